The third-order valence-electron chi connectivity index (χ3n) is 2.14. The first-order valence-corrected chi connectivity index (χ1v) is 5.08. The van der Waals surface area contributed by atoms with Gasteiger partial charge < -0.3 is 14.4 Å². The van der Waals surface area contributed by atoms with Crippen molar-refractivity contribution < 1.29 is 24.0 Å². The number of carboxylic acids is 1. The standard InChI is InChI=1S/C12H9NO5/c14-11(15)9-6-10(18-13-9)12(16)17-7-8-4-2-1-3-5-8/h1-6H,7H2,(H,14,15). The summed E-state index contributed by atoms with van der Waals surface area (Å²) < 4.78 is 9.51. The first-order chi connectivity index (χ1) is 8.66. The van der Waals surface area contributed by atoms with Gasteiger partial charge in [0.15, 0.2) is 5.69 Å². The van der Waals surface area contributed by atoms with E-state index in [4.69, 9.17) is 9.84 Å². The summed E-state index contributed by atoms with van der Waals surface area (Å²) >= 11 is 0. The molecule has 2 aromatic rings. The SMILES string of the molecule is O=C(O)c1cc(C(=O)OCc2ccccc2)on1. The minimum atomic E-state index is -1.26. The van der Waals surface area contributed by atoms with E-state index in [0.717, 1.165) is 11.6 Å². The van der Waals surface area contributed by atoms with E-state index in [9.17, 15) is 9.59 Å². The molecule has 0 saturated carbocycles. The highest BCUT2D eigenvalue weighted by molar-refractivity contribution is 5.91. The quantitative estimate of drug-likeness (QED) is 0.827. The van der Waals surface area contributed by atoms with Crippen molar-refractivity contribution in [3.63, 3.8) is 0 Å². The van der Waals surface area contributed by atoms with Gasteiger partial charge in [-0.25, -0.2) is 9.59 Å². The Morgan fingerprint density at radius 3 is 2.61 bits per heavy atom. The van der Waals surface area contributed by atoms with Gasteiger partial charge in [-0.05, 0) is 5.56 Å². The topological polar surface area (TPSA) is 89.6 Å². The zero-order valence-electron chi connectivity index (χ0n) is 9.20. The molecule has 0 atom stereocenters. The molecule has 0 fully saturated rings. The zero-order chi connectivity index (χ0) is 13.0. The van der Waals surface area contributed by atoms with Crippen LogP contribution >= 0.6 is 0 Å². The van der Waals surface area contributed by atoms with Crippen LogP contribution in [-0.2, 0) is 11.3 Å². The van der Waals surface area contributed by atoms with E-state index in [0.29, 0.717) is 0 Å². The zero-order valence-corrected chi connectivity index (χ0v) is 9.20. The maximum atomic E-state index is 11.5. The number of hydrogen-bond acceptors (Lipinski definition) is 5. The number of ether oxygens (including phenoxy) is 1. The summed E-state index contributed by atoms with van der Waals surface area (Å²) in [5.41, 5.74) is 0.491. The molecule has 2 rings (SSSR count). The van der Waals surface area contributed by atoms with Crippen molar-refractivity contribution >= 4 is 11.9 Å². The van der Waals surface area contributed by atoms with E-state index < -0.39 is 11.9 Å². The normalized spacial score (nSPS) is 10.0. The Morgan fingerprint density at radius 1 is 1.28 bits per heavy atom. The number of carbonyl (C=O) groups is 2. The number of carboxylic acid groups (broad SMARTS) is 1. The van der Waals surface area contributed by atoms with Gasteiger partial charge in [0.1, 0.15) is 6.61 Å². The molecule has 0 aliphatic rings. The third-order valence-corrected chi connectivity index (χ3v) is 2.14. The van der Waals surface area contributed by atoms with Crippen molar-refractivity contribution in [1.82, 2.24) is 5.16 Å². The molecule has 0 saturated heterocycles. The number of aromatic nitrogens is 1. The van der Waals surface area contributed by atoms with Gasteiger partial charge in [0, 0.05) is 6.07 Å². The molecule has 18 heavy (non-hydrogen) atoms. The second kappa shape index (κ2) is 5.13. The van der Waals surface area contributed by atoms with Gasteiger partial charge in [-0.15, -0.1) is 0 Å². The summed E-state index contributed by atoms with van der Waals surface area (Å²) in [7, 11) is 0. The first-order valence-electron chi connectivity index (χ1n) is 5.08. The summed E-state index contributed by atoms with van der Waals surface area (Å²) in [6.07, 6.45) is 0. The maximum absolute atomic E-state index is 11.5. The summed E-state index contributed by atoms with van der Waals surface area (Å²) in [4.78, 5) is 22.0. The Bertz CT molecular complexity index is 561. The van der Waals surface area contributed by atoms with Crippen molar-refractivity contribution in [2.45, 2.75) is 6.61 Å². The van der Waals surface area contributed by atoms with Crippen molar-refractivity contribution in [3.05, 3.63) is 53.4 Å². The number of benzene rings is 1. The Balaban J connectivity index is 1.97. The Labute approximate surface area is 102 Å². The molecule has 0 aliphatic heterocycles. The number of aromatic carboxylic acids is 1. The smallest absolute Gasteiger partial charge is 0.377 e. The van der Waals surface area contributed by atoms with E-state index in [1.165, 1.54) is 0 Å². The highest BCUT2D eigenvalue weighted by Gasteiger charge is 2.17. The average Bonchev–Trinajstić information content (AvgIpc) is 2.87. The number of hydrogen-bond donors (Lipinski definition) is 1. The van der Waals surface area contributed by atoms with Crippen LogP contribution in [-0.4, -0.2) is 22.2 Å². The van der Waals surface area contributed by atoms with Gasteiger partial charge in [-0.2, -0.15) is 0 Å². The van der Waals surface area contributed by atoms with Gasteiger partial charge in [0.25, 0.3) is 0 Å². The lowest BCUT2D eigenvalue weighted by Crippen LogP contribution is -2.04. The van der Waals surface area contributed by atoms with Crippen LogP contribution in [0.5, 0.6) is 0 Å². The molecule has 0 spiro atoms. The number of rotatable bonds is 4. The van der Waals surface area contributed by atoms with Gasteiger partial charge in [0.05, 0.1) is 0 Å². The molecule has 0 radical (unpaired) electrons. The van der Waals surface area contributed by atoms with Crippen LogP contribution in [0.2, 0.25) is 0 Å². The van der Waals surface area contributed by atoms with Crippen LogP contribution < -0.4 is 0 Å². The molecule has 1 aromatic carbocycles. The van der Waals surface area contributed by atoms with E-state index in [-0.39, 0.29) is 18.1 Å². The molecular formula is C12H9NO5. The predicted molar refractivity (Wildman–Crippen MR) is 59.0 cm³/mol. The second-order valence-electron chi connectivity index (χ2n) is 3.44. The van der Waals surface area contributed by atoms with Gasteiger partial charge in [-0.3, -0.25) is 0 Å². The maximum Gasteiger partial charge on any atom is 0.377 e. The van der Waals surface area contributed by atoms with Gasteiger partial charge in [-0.1, -0.05) is 35.5 Å². The van der Waals surface area contributed by atoms with Crippen LogP contribution in [0.25, 0.3) is 0 Å². The first kappa shape index (κ1) is 11.8. The predicted octanol–water partition coefficient (Wildman–Crippen LogP) is 1.73. The fourth-order valence-corrected chi connectivity index (χ4v) is 1.27. The van der Waals surface area contributed by atoms with Gasteiger partial charge in [0.2, 0.25) is 5.76 Å². The van der Waals surface area contributed by atoms with E-state index in [1.807, 2.05) is 18.2 Å². The van der Waals surface area contributed by atoms with Crippen LogP contribution in [0, 0.1) is 0 Å². The van der Waals surface area contributed by atoms with E-state index >= 15 is 0 Å². The van der Waals surface area contributed by atoms with Crippen molar-refractivity contribution in [3.8, 4) is 0 Å². The molecule has 92 valence electrons. The minimum absolute atomic E-state index is 0.0861. The van der Waals surface area contributed by atoms with E-state index in [1.54, 1.807) is 12.1 Å². The lowest BCUT2D eigenvalue weighted by Gasteiger charge is -2.01. The highest BCUT2D eigenvalue weighted by atomic mass is 16.6. The molecule has 6 heteroatoms. The third kappa shape index (κ3) is 2.73. The molecule has 1 aromatic heterocycles. The molecule has 6 nitrogen and oxygen atoms in total. The molecular weight excluding hydrogens is 238 g/mol. The summed E-state index contributed by atoms with van der Waals surface area (Å²) in [6, 6.07) is 10.1. The van der Waals surface area contributed by atoms with Crippen LogP contribution in [0.1, 0.15) is 26.6 Å². The van der Waals surface area contributed by atoms with Crippen LogP contribution in [0.4, 0.5) is 0 Å². The number of carbonyl (C=O) groups excluding carboxylic acids is 1. The number of nitrogens with zero attached hydrogens (tertiary/aromatic N) is 1. The summed E-state index contributed by atoms with van der Waals surface area (Å²) in [5.74, 6) is -2.25. The lowest BCUT2D eigenvalue weighted by atomic mass is 10.2. The summed E-state index contributed by atoms with van der Waals surface area (Å²) in [6.45, 7) is 0.0861. The monoisotopic (exact) mass is 247 g/mol. The lowest BCUT2D eigenvalue weighted by molar-refractivity contribution is 0.0424. The molecule has 0 bridgehead atoms. The molecule has 1 N–H and O–H groups in total. The molecule has 1 heterocycles. The van der Waals surface area contributed by atoms with Crippen LogP contribution in [0.15, 0.2) is 40.9 Å². The average molecular weight is 247 g/mol. The fraction of sp³-hybridized carbons (Fsp3) is 0.0833. The van der Waals surface area contributed by atoms with Crippen molar-refractivity contribution in [1.29, 1.82) is 0 Å². The Hall–Kier alpha value is -2.63. The van der Waals surface area contributed by atoms with Gasteiger partial charge >= 0.3 is 11.9 Å². The van der Waals surface area contributed by atoms with E-state index in [2.05, 4.69) is 9.68 Å². The largest absolute Gasteiger partial charge is 0.476 e. The molecule has 0 amide bonds. The van der Waals surface area contributed by atoms with Crippen molar-refractivity contribution in [2.75, 3.05) is 0 Å². The molecule has 0 aliphatic carbocycles. The Morgan fingerprint density at radius 2 is 2.00 bits per heavy atom. The van der Waals surface area contributed by atoms with Crippen molar-refractivity contribution in [2.24, 2.45) is 0 Å². The summed E-state index contributed by atoms with van der Waals surface area (Å²) in [5, 5.41) is 11.8. The minimum Gasteiger partial charge on any atom is -0.476 e. The highest BCUT2D eigenvalue weighted by Crippen LogP contribution is 2.08. The number of esters is 1. The van der Waals surface area contributed by atoms with Crippen LogP contribution in [0.3, 0.4) is 0 Å². The fourth-order valence-electron chi connectivity index (χ4n) is 1.27. The molecule has 0 unspecified atom stereocenters. The Kier molecular flexibility index (Phi) is 3.38. The second-order valence-corrected chi connectivity index (χ2v) is 3.44.